The third kappa shape index (κ3) is 3.33. The largest absolute Gasteiger partial charge is 0.454 e. The number of anilines is 1. The number of allylic oxidation sites excluding steroid dienone is 2. The van der Waals surface area contributed by atoms with Gasteiger partial charge < -0.3 is 4.74 Å². The van der Waals surface area contributed by atoms with E-state index in [-0.39, 0.29) is 53.4 Å². The van der Waals surface area contributed by atoms with Crippen molar-refractivity contribution in [1.29, 1.82) is 0 Å². The molecule has 156 valence electrons. The lowest BCUT2D eigenvalue weighted by atomic mass is 9.85. The van der Waals surface area contributed by atoms with Crippen LogP contribution in [0.1, 0.15) is 27.1 Å². The highest BCUT2D eigenvalue weighted by Gasteiger charge is 2.59. The summed E-state index contributed by atoms with van der Waals surface area (Å²) in [7, 11) is 0. The van der Waals surface area contributed by atoms with Crippen molar-refractivity contribution >= 4 is 45.2 Å². The van der Waals surface area contributed by atoms with Gasteiger partial charge in [-0.15, -0.1) is 0 Å². The quantitative estimate of drug-likeness (QED) is 0.282. The molecule has 1 aliphatic heterocycles. The first-order valence-electron chi connectivity index (χ1n) is 10.1. The molecular weight excluding hydrogens is 462 g/mol. The van der Waals surface area contributed by atoms with Crippen molar-refractivity contribution in [1.82, 2.24) is 0 Å². The van der Waals surface area contributed by atoms with Gasteiger partial charge in [0.1, 0.15) is 0 Å². The number of carbonyl (C=O) groups is 4. The van der Waals surface area contributed by atoms with E-state index in [1.54, 1.807) is 36.4 Å². The zero-order chi connectivity index (χ0) is 21.7. The van der Waals surface area contributed by atoms with E-state index in [1.165, 1.54) is 17.0 Å². The smallest absolute Gasteiger partial charge is 0.338 e. The summed E-state index contributed by atoms with van der Waals surface area (Å²) in [6, 6.07) is 12.9. The third-order valence-electron chi connectivity index (χ3n) is 6.33. The maximum absolute atomic E-state index is 12.9. The van der Waals surface area contributed by atoms with Crippen LogP contribution in [-0.2, 0) is 14.3 Å². The molecule has 1 heterocycles. The van der Waals surface area contributed by atoms with Crippen LogP contribution in [0.3, 0.4) is 0 Å². The fourth-order valence-corrected chi connectivity index (χ4v) is 5.10. The molecule has 1 saturated carbocycles. The van der Waals surface area contributed by atoms with Gasteiger partial charge in [0.15, 0.2) is 12.4 Å². The molecule has 4 atom stereocenters. The fraction of sp³-hybridized carbons (Fsp3) is 0.250. The number of benzene rings is 2. The van der Waals surface area contributed by atoms with Crippen LogP contribution in [0.15, 0.2) is 65.2 Å². The van der Waals surface area contributed by atoms with Crippen LogP contribution in [0.4, 0.5) is 5.69 Å². The van der Waals surface area contributed by atoms with Crippen LogP contribution in [0.25, 0.3) is 0 Å². The Balaban J connectivity index is 1.24. The monoisotopic (exact) mass is 479 g/mol. The van der Waals surface area contributed by atoms with Crippen LogP contribution in [0, 0.1) is 23.7 Å². The molecule has 2 aliphatic carbocycles. The highest BCUT2D eigenvalue weighted by Crippen LogP contribution is 2.53. The first kappa shape index (κ1) is 19.9. The molecule has 31 heavy (non-hydrogen) atoms. The van der Waals surface area contributed by atoms with Crippen molar-refractivity contribution in [3.63, 3.8) is 0 Å². The summed E-state index contributed by atoms with van der Waals surface area (Å²) in [5.74, 6) is -1.52. The molecule has 7 heteroatoms. The van der Waals surface area contributed by atoms with E-state index in [0.29, 0.717) is 11.3 Å². The van der Waals surface area contributed by atoms with Gasteiger partial charge in [-0.25, -0.2) is 4.79 Å². The second-order valence-electron chi connectivity index (χ2n) is 8.06. The molecule has 0 spiro atoms. The van der Waals surface area contributed by atoms with Gasteiger partial charge in [-0.1, -0.05) is 40.2 Å². The molecule has 0 aromatic heterocycles. The maximum Gasteiger partial charge on any atom is 0.338 e. The minimum absolute atomic E-state index is 0.147. The van der Waals surface area contributed by atoms with Gasteiger partial charge >= 0.3 is 5.97 Å². The van der Waals surface area contributed by atoms with Gasteiger partial charge in [0, 0.05) is 10.0 Å². The average molecular weight is 480 g/mol. The van der Waals surface area contributed by atoms with Crippen molar-refractivity contribution in [3.8, 4) is 0 Å². The minimum Gasteiger partial charge on any atom is -0.454 e. The number of halogens is 1. The van der Waals surface area contributed by atoms with E-state index in [9.17, 15) is 19.2 Å². The number of hydrogen-bond acceptors (Lipinski definition) is 5. The number of imide groups is 1. The second kappa shape index (κ2) is 7.57. The normalized spacial score (nSPS) is 25.8. The van der Waals surface area contributed by atoms with Gasteiger partial charge in [-0.05, 0) is 54.7 Å². The highest BCUT2D eigenvalue weighted by atomic mass is 79.9. The number of rotatable bonds is 5. The Bertz CT molecular complexity index is 1090. The molecular formula is C24H18BrNO5. The summed E-state index contributed by atoms with van der Waals surface area (Å²) >= 11 is 3.30. The lowest BCUT2D eigenvalue weighted by molar-refractivity contribution is -0.123. The number of esters is 1. The number of ether oxygens (including phenoxy) is 1. The summed E-state index contributed by atoms with van der Waals surface area (Å²) in [5, 5.41) is 0. The van der Waals surface area contributed by atoms with Crippen LogP contribution in [0.2, 0.25) is 0 Å². The van der Waals surface area contributed by atoms with Crippen LogP contribution >= 0.6 is 15.9 Å². The molecule has 2 amide bonds. The Morgan fingerprint density at radius 2 is 1.42 bits per heavy atom. The van der Waals surface area contributed by atoms with Crippen molar-refractivity contribution in [3.05, 3.63) is 76.3 Å². The zero-order valence-electron chi connectivity index (χ0n) is 16.4. The Hall–Kier alpha value is -3.06. The van der Waals surface area contributed by atoms with Crippen LogP contribution in [0.5, 0.6) is 0 Å². The molecule has 2 aromatic carbocycles. The standard InChI is InChI=1S/C24H18BrNO5/c25-17-7-3-13(4-8-17)19(27)12-31-24(30)14-5-9-18(10-6-14)26-22(28)20-15-1-2-16(11-15)21(20)23(26)29/h1-10,15-16,20-21H,11-12H2/t15-,16-,20-,21+/m0/s1. The van der Waals surface area contributed by atoms with Gasteiger partial charge in [0.05, 0.1) is 23.1 Å². The molecule has 0 radical (unpaired) electrons. The van der Waals surface area contributed by atoms with E-state index in [4.69, 9.17) is 4.74 Å². The predicted octanol–water partition coefficient (Wildman–Crippen LogP) is 3.80. The van der Waals surface area contributed by atoms with Crippen molar-refractivity contribution in [2.75, 3.05) is 11.5 Å². The van der Waals surface area contributed by atoms with E-state index in [2.05, 4.69) is 28.1 Å². The molecule has 6 nitrogen and oxygen atoms in total. The van der Waals surface area contributed by atoms with Gasteiger partial charge in [0.2, 0.25) is 11.8 Å². The Morgan fingerprint density at radius 3 is 2.00 bits per heavy atom. The maximum atomic E-state index is 12.9. The number of amides is 2. The molecule has 3 aliphatic rings. The van der Waals surface area contributed by atoms with E-state index in [1.807, 2.05) is 0 Å². The minimum atomic E-state index is -0.643. The van der Waals surface area contributed by atoms with Crippen LogP contribution in [-0.4, -0.2) is 30.2 Å². The fourth-order valence-electron chi connectivity index (χ4n) is 4.84. The Morgan fingerprint density at radius 1 is 0.871 bits per heavy atom. The number of Topliss-reactive ketones (excluding diaryl/α,β-unsaturated/α-hetero) is 1. The summed E-state index contributed by atoms with van der Waals surface area (Å²) in [4.78, 5) is 51.5. The van der Waals surface area contributed by atoms with E-state index < -0.39 is 5.97 Å². The van der Waals surface area contributed by atoms with E-state index in [0.717, 1.165) is 10.9 Å². The lowest BCUT2D eigenvalue weighted by Crippen LogP contribution is -2.32. The molecule has 2 aromatic rings. The third-order valence-corrected chi connectivity index (χ3v) is 6.86. The van der Waals surface area contributed by atoms with Crippen LogP contribution < -0.4 is 4.90 Å². The summed E-state index contributed by atoms with van der Waals surface area (Å²) < 4.78 is 5.97. The molecule has 1 saturated heterocycles. The molecule has 0 unspecified atom stereocenters. The average Bonchev–Trinajstić information content (AvgIpc) is 3.46. The Kier molecular flexibility index (Phi) is 4.85. The van der Waals surface area contributed by atoms with Crippen molar-refractivity contribution < 1.29 is 23.9 Å². The predicted molar refractivity (Wildman–Crippen MR) is 115 cm³/mol. The number of nitrogens with zero attached hydrogens (tertiary/aromatic N) is 1. The van der Waals surface area contributed by atoms with E-state index >= 15 is 0 Å². The molecule has 2 bridgehead atoms. The first-order chi connectivity index (χ1) is 14.9. The number of hydrogen-bond donors (Lipinski definition) is 0. The number of carbonyl (C=O) groups excluding carboxylic acids is 4. The SMILES string of the molecule is O=C(COC(=O)c1ccc(N2C(=O)[C@@H]3[C@H](C2=O)[C@H]2C=C[C@H]3C2)cc1)c1ccc(Br)cc1. The lowest BCUT2D eigenvalue weighted by Gasteiger charge is -2.17. The van der Waals surface area contributed by atoms with Crippen molar-refractivity contribution in [2.45, 2.75) is 6.42 Å². The second-order valence-corrected chi connectivity index (χ2v) is 8.98. The van der Waals surface area contributed by atoms with Gasteiger partial charge in [0.25, 0.3) is 0 Å². The number of fused-ring (bicyclic) bond motifs is 5. The number of ketones is 1. The van der Waals surface area contributed by atoms with Crippen molar-refractivity contribution in [2.24, 2.45) is 23.7 Å². The molecule has 0 N–H and O–H groups in total. The first-order valence-corrected chi connectivity index (χ1v) is 10.9. The van der Waals surface area contributed by atoms with Gasteiger partial charge in [-0.2, -0.15) is 0 Å². The highest BCUT2D eigenvalue weighted by molar-refractivity contribution is 9.10. The summed E-state index contributed by atoms with van der Waals surface area (Å²) in [5.41, 5.74) is 1.14. The topological polar surface area (TPSA) is 80.8 Å². The Labute approximate surface area is 187 Å². The van der Waals surface area contributed by atoms with Gasteiger partial charge in [-0.3, -0.25) is 19.3 Å². The molecule has 2 fully saturated rings. The zero-order valence-corrected chi connectivity index (χ0v) is 17.9. The summed E-state index contributed by atoms with van der Waals surface area (Å²) in [6.45, 7) is -0.371. The molecule has 5 rings (SSSR count). The summed E-state index contributed by atoms with van der Waals surface area (Å²) in [6.07, 6.45) is 4.98.